The highest BCUT2D eigenvalue weighted by Crippen LogP contribution is 2.33. The lowest BCUT2D eigenvalue weighted by Crippen LogP contribution is -2.36. The molecule has 11 heteroatoms. The van der Waals surface area contributed by atoms with E-state index in [1.165, 1.54) is 45.1 Å². The molecule has 1 aliphatic heterocycles. The molecule has 3 rings (SSSR count). The van der Waals surface area contributed by atoms with Crippen molar-refractivity contribution < 1.29 is 22.7 Å². The van der Waals surface area contributed by atoms with E-state index >= 15 is 0 Å². The van der Waals surface area contributed by atoms with Crippen molar-refractivity contribution in [2.24, 2.45) is 10.9 Å². The molecule has 9 nitrogen and oxygen atoms in total. The molecule has 1 fully saturated rings. The second-order valence-electron chi connectivity index (χ2n) is 8.58. The fourth-order valence-corrected chi connectivity index (χ4v) is 5.52. The number of methoxy groups -OCH3 is 1. The summed E-state index contributed by atoms with van der Waals surface area (Å²) in [6.07, 6.45) is -0.0375. The van der Waals surface area contributed by atoms with Crippen LogP contribution in [0.25, 0.3) is 0 Å². The van der Waals surface area contributed by atoms with Crippen LogP contribution in [0.15, 0.2) is 58.4 Å². The molecule has 2 aromatic carbocycles. The maximum absolute atomic E-state index is 13.2. The zero-order chi connectivity index (χ0) is 25.8. The molecule has 1 N–H and O–H groups in total. The van der Waals surface area contributed by atoms with E-state index in [1.54, 1.807) is 41.3 Å². The van der Waals surface area contributed by atoms with Gasteiger partial charge >= 0.3 is 0 Å². The van der Waals surface area contributed by atoms with E-state index < -0.39 is 15.3 Å². The van der Waals surface area contributed by atoms with Crippen molar-refractivity contribution in [3.8, 4) is 5.75 Å². The molecule has 1 atom stereocenters. The molecule has 2 amide bonds. The Bertz CT molecular complexity index is 1230. The lowest BCUT2D eigenvalue weighted by atomic mass is 10.2. The van der Waals surface area contributed by atoms with Gasteiger partial charge in [-0.3, -0.25) is 14.5 Å². The summed E-state index contributed by atoms with van der Waals surface area (Å²) in [6.45, 7) is 4.41. The molecule has 0 radical (unpaired) electrons. The van der Waals surface area contributed by atoms with Crippen molar-refractivity contribution in [2.45, 2.75) is 30.4 Å². The minimum atomic E-state index is -3.62. The van der Waals surface area contributed by atoms with E-state index in [2.05, 4.69) is 10.3 Å². The third-order valence-corrected chi connectivity index (χ3v) is 8.13. The Kier molecular flexibility index (Phi) is 8.57. The number of benzene rings is 2. The van der Waals surface area contributed by atoms with Gasteiger partial charge in [0.15, 0.2) is 5.17 Å². The highest BCUT2D eigenvalue weighted by atomic mass is 32.2. The van der Waals surface area contributed by atoms with Crippen molar-refractivity contribution in [1.29, 1.82) is 0 Å². The number of carbonyl (C=O) groups is 2. The van der Waals surface area contributed by atoms with Crippen LogP contribution in [0.3, 0.4) is 0 Å². The number of nitrogens with one attached hydrogen (secondary N) is 1. The largest absolute Gasteiger partial charge is 0.495 e. The van der Waals surface area contributed by atoms with E-state index in [-0.39, 0.29) is 29.0 Å². The van der Waals surface area contributed by atoms with E-state index in [0.29, 0.717) is 28.8 Å². The number of sulfonamides is 1. The Hall–Kier alpha value is -2.89. The summed E-state index contributed by atoms with van der Waals surface area (Å²) in [4.78, 5) is 32.2. The maximum Gasteiger partial charge on any atom is 0.242 e. The van der Waals surface area contributed by atoms with Crippen LogP contribution in [-0.2, 0) is 19.6 Å². The molecule has 0 unspecified atom stereocenters. The Balaban J connectivity index is 1.84. The number of rotatable bonds is 9. The van der Waals surface area contributed by atoms with E-state index in [4.69, 9.17) is 4.74 Å². The highest BCUT2D eigenvalue weighted by Gasteiger charge is 2.39. The van der Waals surface area contributed by atoms with Crippen LogP contribution in [0.4, 0.5) is 11.4 Å². The summed E-state index contributed by atoms with van der Waals surface area (Å²) in [7, 11) is 0.821. The highest BCUT2D eigenvalue weighted by molar-refractivity contribution is 8.15. The fourth-order valence-electron chi connectivity index (χ4n) is 3.41. The number of hydrogen-bond acceptors (Lipinski definition) is 7. The molecule has 0 spiro atoms. The molecular weight excluding hydrogens is 488 g/mol. The van der Waals surface area contributed by atoms with Gasteiger partial charge in [0.05, 0.1) is 23.4 Å². The molecule has 35 heavy (non-hydrogen) atoms. The van der Waals surface area contributed by atoms with Crippen LogP contribution >= 0.6 is 11.8 Å². The molecular formula is C24H30N4O5S2. The summed E-state index contributed by atoms with van der Waals surface area (Å²) in [5.74, 6) is 0.189. The Labute approximate surface area is 210 Å². The third-order valence-electron chi connectivity index (χ3n) is 5.14. The summed E-state index contributed by atoms with van der Waals surface area (Å²) in [5.41, 5.74) is 0.943. The summed E-state index contributed by atoms with van der Waals surface area (Å²) in [6, 6.07) is 13.3. The number of anilines is 1. The fraction of sp³-hybridized carbons (Fsp3) is 0.375. The lowest BCUT2D eigenvalue weighted by Gasteiger charge is -2.19. The van der Waals surface area contributed by atoms with Crippen LogP contribution in [-0.4, -0.2) is 67.6 Å². The first-order chi connectivity index (χ1) is 16.5. The lowest BCUT2D eigenvalue weighted by molar-refractivity contribution is -0.128. The third kappa shape index (κ3) is 6.41. The molecule has 2 aromatic rings. The molecule has 1 aliphatic rings. The number of thioether (sulfide) groups is 1. The molecule has 1 heterocycles. The number of aliphatic imine (C=N–C) groups is 1. The van der Waals surface area contributed by atoms with Gasteiger partial charge in [0.25, 0.3) is 0 Å². The standard InChI is InChI=1S/C24H30N4O5S2/c1-16(2)15-28-23(30)21(14-22(29)26-19-11-6-7-12-20(19)33-5)34-24(28)25-17-9-8-10-18(13-17)35(31,32)27(3)4/h6-13,16,21H,14-15H2,1-5H3,(H,26,29)/t21-/m0/s1. The minimum Gasteiger partial charge on any atom is -0.495 e. The number of para-hydroxylation sites is 2. The summed E-state index contributed by atoms with van der Waals surface area (Å²) < 4.78 is 31.4. The van der Waals surface area contributed by atoms with Crippen LogP contribution in [0.1, 0.15) is 20.3 Å². The average Bonchev–Trinajstić information content (AvgIpc) is 3.07. The first-order valence-electron chi connectivity index (χ1n) is 11.0. The van der Waals surface area contributed by atoms with Gasteiger partial charge < -0.3 is 10.1 Å². The number of ether oxygens (including phenoxy) is 1. The number of hydrogen-bond donors (Lipinski definition) is 1. The number of amides is 2. The van der Waals surface area contributed by atoms with Crippen LogP contribution in [0, 0.1) is 5.92 Å². The van der Waals surface area contributed by atoms with Gasteiger partial charge in [0.1, 0.15) is 11.0 Å². The maximum atomic E-state index is 13.2. The van der Waals surface area contributed by atoms with Gasteiger partial charge in [-0.2, -0.15) is 0 Å². The van der Waals surface area contributed by atoms with Gasteiger partial charge in [-0.05, 0) is 36.2 Å². The molecule has 0 saturated carbocycles. The smallest absolute Gasteiger partial charge is 0.242 e. The quantitative estimate of drug-likeness (QED) is 0.544. The van der Waals surface area contributed by atoms with Gasteiger partial charge in [-0.15, -0.1) is 0 Å². The predicted octanol–water partition coefficient (Wildman–Crippen LogP) is 3.56. The number of nitrogens with zero attached hydrogens (tertiary/aromatic N) is 3. The molecule has 0 aliphatic carbocycles. The van der Waals surface area contributed by atoms with Gasteiger partial charge in [-0.1, -0.05) is 43.8 Å². The minimum absolute atomic E-state index is 0.0375. The van der Waals surface area contributed by atoms with Crippen molar-refractivity contribution in [1.82, 2.24) is 9.21 Å². The Morgan fingerprint density at radius 1 is 1.20 bits per heavy atom. The number of amidine groups is 1. The van der Waals surface area contributed by atoms with Crippen molar-refractivity contribution in [2.75, 3.05) is 33.1 Å². The van der Waals surface area contributed by atoms with Gasteiger partial charge in [0.2, 0.25) is 21.8 Å². The zero-order valence-electron chi connectivity index (χ0n) is 20.4. The Morgan fingerprint density at radius 2 is 1.91 bits per heavy atom. The second-order valence-corrected chi connectivity index (χ2v) is 11.9. The van der Waals surface area contributed by atoms with E-state index in [0.717, 1.165) is 4.31 Å². The first-order valence-corrected chi connectivity index (χ1v) is 13.4. The second kappa shape index (κ2) is 11.2. The molecule has 0 aromatic heterocycles. The van der Waals surface area contributed by atoms with Gasteiger partial charge in [-0.25, -0.2) is 17.7 Å². The van der Waals surface area contributed by atoms with E-state index in [1.807, 2.05) is 13.8 Å². The number of carbonyl (C=O) groups excluding carboxylic acids is 2. The molecule has 1 saturated heterocycles. The summed E-state index contributed by atoms with van der Waals surface area (Å²) >= 11 is 1.21. The Morgan fingerprint density at radius 3 is 2.57 bits per heavy atom. The van der Waals surface area contributed by atoms with Crippen molar-refractivity contribution in [3.05, 3.63) is 48.5 Å². The van der Waals surface area contributed by atoms with Crippen LogP contribution in [0.2, 0.25) is 0 Å². The topological polar surface area (TPSA) is 108 Å². The SMILES string of the molecule is COc1ccccc1NC(=O)C[C@@H]1SC(=Nc2cccc(S(=O)(=O)N(C)C)c2)N(CC(C)C)C1=O. The summed E-state index contributed by atoms with van der Waals surface area (Å²) in [5, 5.41) is 2.60. The molecule has 0 bridgehead atoms. The first kappa shape index (κ1) is 26.7. The van der Waals surface area contributed by atoms with Crippen LogP contribution in [0.5, 0.6) is 5.75 Å². The monoisotopic (exact) mass is 518 g/mol. The predicted molar refractivity (Wildman–Crippen MR) is 139 cm³/mol. The van der Waals surface area contributed by atoms with Gasteiger partial charge in [0, 0.05) is 27.1 Å². The average molecular weight is 519 g/mol. The molecule has 188 valence electrons. The van der Waals surface area contributed by atoms with E-state index in [9.17, 15) is 18.0 Å². The zero-order valence-corrected chi connectivity index (χ0v) is 22.0. The van der Waals surface area contributed by atoms with Crippen LogP contribution < -0.4 is 10.1 Å². The normalized spacial score (nSPS) is 17.5. The van der Waals surface area contributed by atoms with Crippen molar-refractivity contribution >= 4 is 50.1 Å². The van der Waals surface area contributed by atoms with Crippen molar-refractivity contribution in [3.63, 3.8) is 0 Å².